The summed E-state index contributed by atoms with van der Waals surface area (Å²) in [4.78, 5) is 52.5. The molecule has 0 aliphatic carbocycles. The number of rotatable bonds is 6. The van der Waals surface area contributed by atoms with Crippen molar-refractivity contribution in [3.63, 3.8) is 0 Å². The average Bonchev–Trinajstić information content (AvgIpc) is 3.37. The minimum absolute atomic E-state index is 0.0808. The van der Waals surface area contributed by atoms with Crippen LogP contribution in [0, 0.1) is 6.92 Å². The summed E-state index contributed by atoms with van der Waals surface area (Å²) >= 11 is 7.40. The van der Waals surface area contributed by atoms with E-state index in [4.69, 9.17) is 26.1 Å². The second kappa shape index (κ2) is 12.3. The summed E-state index contributed by atoms with van der Waals surface area (Å²) in [6, 6.07) is 3.53. The van der Waals surface area contributed by atoms with E-state index in [2.05, 4.69) is 30.2 Å². The van der Waals surface area contributed by atoms with Crippen LogP contribution < -0.4 is 15.0 Å². The van der Waals surface area contributed by atoms with Gasteiger partial charge in [0, 0.05) is 49.2 Å². The lowest BCUT2D eigenvalue weighted by Gasteiger charge is -2.37. The lowest BCUT2D eigenvalue weighted by Crippen LogP contribution is -2.47. The van der Waals surface area contributed by atoms with Crippen molar-refractivity contribution in [2.75, 3.05) is 37.5 Å². The minimum atomic E-state index is -0.537. The molecule has 0 atom stereocenters. The normalized spacial score (nSPS) is 14.1. The van der Waals surface area contributed by atoms with Gasteiger partial charge in [-0.25, -0.2) is 19.7 Å². The topological polar surface area (TPSA) is 136 Å². The van der Waals surface area contributed by atoms with Crippen LogP contribution in [0.15, 0.2) is 30.7 Å². The van der Waals surface area contributed by atoms with Gasteiger partial charge in [0.15, 0.2) is 15.6 Å². The molecule has 1 saturated heterocycles. The number of hydrogen-bond donors (Lipinski definition) is 1. The average molecular weight is 625 g/mol. The first-order valence-corrected chi connectivity index (χ1v) is 14.9. The van der Waals surface area contributed by atoms with Crippen molar-refractivity contribution in [1.82, 2.24) is 29.8 Å². The number of aromatic nitrogens is 5. The smallest absolute Gasteiger partial charge is 0.410 e. The summed E-state index contributed by atoms with van der Waals surface area (Å²) in [6.07, 6.45) is 5.95. The number of aryl methyl sites for hydroxylation is 1. The summed E-state index contributed by atoms with van der Waals surface area (Å²) in [5, 5.41) is 3.50. The molecule has 5 heterocycles. The number of hydrogen-bond acceptors (Lipinski definition) is 11. The van der Waals surface area contributed by atoms with Crippen LogP contribution in [0.4, 0.5) is 15.7 Å². The molecule has 2 amide bonds. The third-order valence-corrected chi connectivity index (χ3v) is 8.04. The Kier molecular flexibility index (Phi) is 8.65. The van der Waals surface area contributed by atoms with Gasteiger partial charge in [-0.1, -0.05) is 22.9 Å². The van der Waals surface area contributed by atoms with Crippen LogP contribution in [-0.4, -0.2) is 80.7 Å². The van der Waals surface area contributed by atoms with Gasteiger partial charge >= 0.3 is 6.09 Å². The molecule has 0 bridgehead atoms. The third-order valence-electron chi connectivity index (χ3n) is 6.98. The van der Waals surface area contributed by atoms with Crippen LogP contribution in [0.25, 0.3) is 21.6 Å². The first-order chi connectivity index (χ1) is 20.4. The second-order valence-corrected chi connectivity index (χ2v) is 12.6. The number of nitrogens with zero attached hydrogens (tertiary/aromatic N) is 7. The number of nitrogens with one attached hydrogen (secondary N) is 1. The van der Waals surface area contributed by atoms with Gasteiger partial charge in [-0.05, 0) is 52.7 Å². The molecule has 1 N–H and O–H groups in total. The van der Waals surface area contributed by atoms with Gasteiger partial charge in [0.05, 0.1) is 25.1 Å². The Morgan fingerprint density at radius 3 is 2.51 bits per heavy atom. The molecule has 5 rings (SSSR count). The largest absolute Gasteiger partial charge is 0.494 e. The monoisotopic (exact) mass is 624 g/mol. The molecule has 4 aromatic rings. The first-order valence-electron chi connectivity index (χ1n) is 13.7. The van der Waals surface area contributed by atoms with Gasteiger partial charge in [-0.3, -0.25) is 15.1 Å². The number of anilines is 2. The number of pyridine rings is 2. The number of thiazole rings is 1. The lowest BCUT2D eigenvalue weighted by atomic mass is 10.0. The van der Waals surface area contributed by atoms with Gasteiger partial charge < -0.3 is 19.3 Å². The molecule has 12 nitrogen and oxygen atoms in total. The summed E-state index contributed by atoms with van der Waals surface area (Å²) < 4.78 is 11.0. The molecule has 0 saturated carbocycles. The van der Waals surface area contributed by atoms with Crippen molar-refractivity contribution in [1.29, 1.82) is 0 Å². The Morgan fingerprint density at radius 2 is 1.81 bits per heavy atom. The molecule has 0 aromatic carbocycles. The highest BCUT2D eigenvalue weighted by atomic mass is 35.5. The quantitative estimate of drug-likeness (QED) is 0.270. The van der Waals surface area contributed by atoms with Crippen LogP contribution in [0.1, 0.15) is 49.7 Å². The summed E-state index contributed by atoms with van der Waals surface area (Å²) in [7, 11) is 3.31. The zero-order chi connectivity index (χ0) is 30.9. The predicted octanol–water partition coefficient (Wildman–Crippen LogP) is 5.60. The summed E-state index contributed by atoms with van der Waals surface area (Å²) in [5.41, 5.74) is 2.18. The Hall–Kier alpha value is -4.10. The van der Waals surface area contributed by atoms with E-state index < -0.39 is 11.5 Å². The predicted molar refractivity (Wildman–Crippen MR) is 166 cm³/mol. The van der Waals surface area contributed by atoms with E-state index in [-0.39, 0.29) is 17.3 Å². The van der Waals surface area contributed by atoms with Crippen molar-refractivity contribution in [2.45, 2.75) is 52.2 Å². The zero-order valence-corrected chi connectivity index (χ0v) is 26.4. The number of carbonyl (C=O) groups excluding carboxylic acids is 2. The summed E-state index contributed by atoms with van der Waals surface area (Å²) in [5.74, 6) is 0.803. The van der Waals surface area contributed by atoms with Crippen molar-refractivity contribution in [3.05, 3.63) is 47.1 Å². The van der Waals surface area contributed by atoms with E-state index in [1.807, 2.05) is 27.7 Å². The zero-order valence-electron chi connectivity index (χ0n) is 24.8. The van der Waals surface area contributed by atoms with Crippen molar-refractivity contribution < 1.29 is 19.1 Å². The fourth-order valence-electron chi connectivity index (χ4n) is 4.80. The molecule has 1 aliphatic rings. The highest BCUT2D eigenvalue weighted by Gasteiger charge is 2.29. The standard InChI is InChI=1S/C29H33ClN8O4S/c1-16-11-18(19-12-22(30)32-14-21(19)41-6)20(13-31-16)25(39)36-27-35-24-26(43-27)34-23(15-33-24)38-9-7-17(8-10-38)37(5)28(40)42-29(2,3)4/h11-15,17H,7-10H2,1-6H3,(H,33,35,36,39). The fourth-order valence-corrected chi connectivity index (χ4v) is 5.75. The Labute approximate surface area is 258 Å². The number of methoxy groups -OCH3 is 1. The van der Waals surface area contributed by atoms with Gasteiger partial charge in [0.2, 0.25) is 0 Å². The molecule has 0 unspecified atom stereocenters. The van der Waals surface area contributed by atoms with Crippen molar-refractivity contribution >= 4 is 56.4 Å². The van der Waals surface area contributed by atoms with Crippen LogP contribution in [0.3, 0.4) is 0 Å². The number of halogens is 1. The van der Waals surface area contributed by atoms with Crippen LogP contribution in [-0.2, 0) is 4.74 Å². The van der Waals surface area contributed by atoms with Crippen LogP contribution in [0.2, 0.25) is 5.15 Å². The van der Waals surface area contributed by atoms with Gasteiger partial charge in [-0.15, -0.1) is 0 Å². The molecule has 226 valence electrons. The van der Waals surface area contributed by atoms with E-state index in [1.54, 1.807) is 30.3 Å². The second-order valence-electron chi connectivity index (χ2n) is 11.2. The van der Waals surface area contributed by atoms with Crippen LogP contribution >= 0.6 is 22.9 Å². The van der Waals surface area contributed by atoms with Crippen molar-refractivity contribution in [3.8, 4) is 16.9 Å². The number of carbonyl (C=O) groups is 2. The van der Waals surface area contributed by atoms with Gasteiger partial charge in [0.1, 0.15) is 22.3 Å². The van der Waals surface area contributed by atoms with Gasteiger partial charge in [0.25, 0.3) is 5.91 Å². The molecule has 0 radical (unpaired) electrons. The maximum atomic E-state index is 13.4. The molecule has 1 fully saturated rings. The maximum absolute atomic E-state index is 13.4. The SMILES string of the molecule is COc1cnc(Cl)cc1-c1cc(C)ncc1C(=O)Nc1nc2ncc(N3CCC(N(C)C(=O)OC(C)(C)C)CC3)nc2s1. The number of amides is 2. The molecule has 14 heteroatoms. The molecule has 4 aromatic heterocycles. The highest BCUT2D eigenvalue weighted by molar-refractivity contribution is 7.21. The van der Waals surface area contributed by atoms with E-state index >= 15 is 0 Å². The first kappa shape index (κ1) is 30.4. The number of ether oxygens (including phenoxy) is 2. The van der Waals surface area contributed by atoms with Crippen molar-refractivity contribution in [2.24, 2.45) is 0 Å². The van der Waals surface area contributed by atoms with Gasteiger partial charge in [-0.2, -0.15) is 4.98 Å². The Balaban J connectivity index is 1.30. The Bertz CT molecular complexity index is 1670. The van der Waals surface area contributed by atoms with Crippen LogP contribution in [0.5, 0.6) is 5.75 Å². The molecule has 1 aliphatic heterocycles. The maximum Gasteiger partial charge on any atom is 0.410 e. The number of fused-ring (bicyclic) bond motifs is 1. The van der Waals surface area contributed by atoms with E-state index in [1.165, 1.54) is 30.8 Å². The Morgan fingerprint density at radius 1 is 1.07 bits per heavy atom. The molecular formula is C29H33ClN8O4S. The van der Waals surface area contributed by atoms with E-state index in [0.29, 0.717) is 51.1 Å². The summed E-state index contributed by atoms with van der Waals surface area (Å²) in [6.45, 7) is 8.85. The molecule has 43 heavy (non-hydrogen) atoms. The highest BCUT2D eigenvalue weighted by Crippen LogP contribution is 2.35. The molecular weight excluding hydrogens is 592 g/mol. The lowest BCUT2D eigenvalue weighted by molar-refractivity contribution is 0.0200. The van der Waals surface area contributed by atoms with E-state index in [9.17, 15) is 9.59 Å². The minimum Gasteiger partial charge on any atom is -0.494 e. The molecule has 0 spiro atoms. The van der Waals surface area contributed by atoms with E-state index in [0.717, 1.165) is 24.4 Å². The fraction of sp³-hybridized carbons (Fsp3) is 0.414. The number of piperidine rings is 1. The third kappa shape index (κ3) is 6.94.